The zero-order valence-electron chi connectivity index (χ0n) is 20.9. The normalized spacial score (nSPS) is 25.6. The molecule has 1 saturated carbocycles. The van der Waals surface area contributed by atoms with Crippen LogP contribution in [0.15, 0.2) is 48.5 Å². The van der Waals surface area contributed by atoms with Crippen LogP contribution in [0.2, 0.25) is 0 Å². The summed E-state index contributed by atoms with van der Waals surface area (Å²) in [5, 5.41) is 21.8. The lowest BCUT2D eigenvalue weighted by Crippen LogP contribution is -2.42. The smallest absolute Gasteiger partial charge is 0.373 e. The van der Waals surface area contributed by atoms with Gasteiger partial charge in [-0.15, -0.1) is 0 Å². The molecule has 1 aliphatic heterocycles. The fraction of sp³-hybridized carbons (Fsp3) is 0.448. The second-order valence-electron chi connectivity index (χ2n) is 10.00. The summed E-state index contributed by atoms with van der Waals surface area (Å²) in [4.78, 5) is 21.9. The maximum atomic E-state index is 10.7. The molecule has 3 aromatic rings. The Morgan fingerprint density at radius 1 is 1.16 bits per heavy atom. The Balaban J connectivity index is 0.00000102. The van der Waals surface area contributed by atoms with Crippen molar-refractivity contribution in [1.29, 1.82) is 5.26 Å². The number of benzene rings is 2. The first-order valence-electron chi connectivity index (χ1n) is 12.7. The molecule has 194 valence electrons. The van der Waals surface area contributed by atoms with Gasteiger partial charge in [0.15, 0.2) is 6.19 Å². The Morgan fingerprint density at radius 2 is 1.89 bits per heavy atom. The molecule has 2 N–H and O–H groups in total. The number of nitrogens with zero attached hydrogens (tertiary/aromatic N) is 2. The highest BCUT2D eigenvalue weighted by Gasteiger charge is 2.39. The number of fused-ring (bicyclic) bond motifs is 4. The summed E-state index contributed by atoms with van der Waals surface area (Å²) in [6.07, 6.45) is 5.73. The largest absolute Gasteiger partial charge is 0.393 e. The second kappa shape index (κ2) is 12.7. The lowest BCUT2D eigenvalue weighted by molar-refractivity contribution is -0.191. The molecular formula is C29H32IN3O4. The van der Waals surface area contributed by atoms with Crippen LogP contribution in [-0.4, -0.2) is 40.3 Å². The molecule has 0 bridgehead atoms. The van der Waals surface area contributed by atoms with Crippen LogP contribution < -0.4 is 0 Å². The zero-order valence-corrected chi connectivity index (χ0v) is 23.1. The van der Waals surface area contributed by atoms with Gasteiger partial charge in [-0.2, -0.15) is 14.9 Å². The van der Waals surface area contributed by atoms with Gasteiger partial charge < -0.3 is 19.7 Å². The number of aromatic amines is 1. The van der Waals surface area contributed by atoms with Gasteiger partial charge in [0.1, 0.15) is 0 Å². The van der Waals surface area contributed by atoms with Crippen molar-refractivity contribution in [2.75, 3.05) is 13.1 Å². The Morgan fingerprint density at radius 3 is 2.65 bits per heavy atom. The van der Waals surface area contributed by atoms with Crippen LogP contribution in [0.5, 0.6) is 0 Å². The fourth-order valence-corrected chi connectivity index (χ4v) is 6.55. The molecule has 5 rings (SSSR count). The summed E-state index contributed by atoms with van der Waals surface area (Å²) in [5.41, 5.74) is 4.71. The minimum atomic E-state index is -0.294. The fourth-order valence-electron chi connectivity index (χ4n) is 6.01. The van der Waals surface area contributed by atoms with E-state index < -0.39 is 0 Å². The summed E-state index contributed by atoms with van der Waals surface area (Å²) in [6, 6.07) is 16.8. The molecule has 2 aromatic carbocycles. The Bertz CT molecular complexity index is 1280. The predicted octanol–water partition coefficient (Wildman–Crippen LogP) is 5.20. The van der Waals surface area contributed by atoms with Crippen molar-refractivity contribution in [2.45, 2.75) is 51.4 Å². The number of nitriles is 1. The number of halogens is 1. The van der Waals surface area contributed by atoms with E-state index in [1.165, 1.54) is 20.1 Å². The number of hydrogen-bond acceptors (Lipinski definition) is 6. The second-order valence-corrected chi connectivity index (χ2v) is 11.2. The average Bonchev–Trinajstić information content (AvgIpc) is 3.27. The van der Waals surface area contributed by atoms with Crippen molar-refractivity contribution in [3.05, 3.63) is 68.9 Å². The molecule has 2 heterocycles. The first kappa shape index (κ1) is 27.3. The molecule has 0 saturated heterocycles. The predicted molar refractivity (Wildman–Crippen MR) is 147 cm³/mol. The first-order chi connectivity index (χ1) is 18.0. The van der Waals surface area contributed by atoms with Crippen LogP contribution in [0.4, 0.5) is 0 Å². The third-order valence-electron chi connectivity index (χ3n) is 8.00. The molecule has 7 nitrogen and oxygen atoms in total. The van der Waals surface area contributed by atoms with E-state index in [1.807, 2.05) is 4.90 Å². The van der Waals surface area contributed by atoms with Gasteiger partial charge in [0, 0.05) is 33.3 Å². The molecule has 37 heavy (non-hydrogen) atoms. The van der Waals surface area contributed by atoms with Crippen LogP contribution in [0.3, 0.4) is 0 Å². The van der Waals surface area contributed by atoms with E-state index in [9.17, 15) is 10.4 Å². The number of nitrogens with one attached hydrogen (secondary N) is 1. The Kier molecular flexibility index (Phi) is 9.38. The van der Waals surface area contributed by atoms with E-state index in [0.717, 1.165) is 43.4 Å². The van der Waals surface area contributed by atoms with Crippen molar-refractivity contribution in [2.24, 2.45) is 17.8 Å². The molecule has 1 fully saturated rings. The van der Waals surface area contributed by atoms with Gasteiger partial charge in [-0.25, -0.2) is 0 Å². The van der Waals surface area contributed by atoms with Gasteiger partial charge in [-0.1, -0.05) is 43.3 Å². The number of aliphatic hydroxyl groups is 1. The van der Waals surface area contributed by atoms with Crippen molar-refractivity contribution >= 4 is 39.6 Å². The summed E-state index contributed by atoms with van der Waals surface area (Å²) in [5.74, 6) is 0.846. The van der Waals surface area contributed by atoms with Crippen LogP contribution in [-0.2, 0) is 27.4 Å². The maximum Gasteiger partial charge on any atom is 0.373 e. The minimum absolute atomic E-state index is 0.0905. The molecule has 0 radical (unpaired) electrons. The van der Waals surface area contributed by atoms with Crippen molar-refractivity contribution < 1.29 is 19.4 Å². The molecule has 8 heteroatoms. The first-order valence-corrected chi connectivity index (χ1v) is 13.8. The van der Waals surface area contributed by atoms with E-state index in [0.29, 0.717) is 19.1 Å². The van der Waals surface area contributed by atoms with Crippen molar-refractivity contribution in [3.63, 3.8) is 0 Å². The van der Waals surface area contributed by atoms with Crippen LogP contribution >= 0.6 is 22.6 Å². The number of hydrogen-bond donors (Lipinski definition) is 2. The van der Waals surface area contributed by atoms with Crippen LogP contribution in [0, 0.1) is 32.8 Å². The topological polar surface area (TPSA) is 106 Å². The zero-order chi connectivity index (χ0) is 26.4. The third kappa shape index (κ3) is 6.24. The molecule has 0 spiro atoms. The highest BCUT2D eigenvalue weighted by Crippen LogP contribution is 2.44. The van der Waals surface area contributed by atoms with Gasteiger partial charge in [0.05, 0.1) is 18.8 Å². The summed E-state index contributed by atoms with van der Waals surface area (Å²) >= 11 is 2.38. The van der Waals surface area contributed by atoms with Crippen LogP contribution in [0.1, 0.15) is 49.1 Å². The number of aliphatic hydroxyl groups excluding tert-OH is 1. The van der Waals surface area contributed by atoms with Gasteiger partial charge in [-0.3, -0.25) is 0 Å². The van der Waals surface area contributed by atoms with E-state index in [2.05, 4.69) is 89.2 Å². The third-order valence-corrected chi connectivity index (χ3v) is 9.05. The van der Waals surface area contributed by atoms with E-state index in [1.54, 1.807) is 0 Å². The molecule has 1 aromatic heterocycles. The van der Waals surface area contributed by atoms with Gasteiger partial charge in [-0.05, 0) is 89.3 Å². The number of carbonyl (C=O) groups excluding carboxylic acids is 2. The van der Waals surface area contributed by atoms with Gasteiger partial charge >= 0.3 is 6.15 Å². The molecule has 5 atom stereocenters. The summed E-state index contributed by atoms with van der Waals surface area (Å²) < 4.78 is 7.94. The Hall–Kier alpha value is -2.70. The highest BCUT2D eigenvalue weighted by molar-refractivity contribution is 14.1. The number of rotatable bonds is 3. The number of para-hydroxylation sites is 1. The van der Waals surface area contributed by atoms with Gasteiger partial charge in [0.25, 0.3) is 0 Å². The lowest BCUT2D eigenvalue weighted by atomic mass is 9.68. The Labute approximate surface area is 230 Å². The molecule has 0 unspecified atom stereocenters. The average molecular weight is 613 g/mol. The standard InChI is InChI=1S/C28H32IN3O2.CO2/c1-18-23-14-27(34-16-20-6-2-4-8-24(20)29)28-22(21-7-3-5-9-25(21)31-28)12-13-32(17-30)15-19(23)10-11-26(18)33;2-1-3/h2-9,18-19,23,26-27,31,33H,10-16H2,1H3;/t18-,19+,23-,26+,27+;/m1./s1. The molecule has 0 amide bonds. The molecule has 1 aliphatic carbocycles. The maximum absolute atomic E-state index is 10.7. The van der Waals surface area contributed by atoms with Gasteiger partial charge in [0.2, 0.25) is 0 Å². The number of aromatic nitrogens is 1. The lowest BCUT2D eigenvalue weighted by Gasteiger charge is -2.42. The van der Waals surface area contributed by atoms with E-state index in [4.69, 9.17) is 14.3 Å². The molecular weight excluding hydrogens is 581 g/mol. The van der Waals surface area contributed by atoms with E-state index in [-0.39, 0.29) is 30.2 Å². The number of ether oxygens (including phenoxy) is 1. The highest BCUT2D eigenvalue weighted by atomic mass is 127. The number of H-pyrrole nitrogens is 1. The SMILES string of the molecule is C[C@@H]1[C@H]2C[C@H](OCc3ccccc3I)c3[nH]c4ccccc4c3CCN(C#N)C[C@@H]2CC[C@@H]1O.O=C=O. The van der Waals surface area contributed by atoms with Crippen molar-refractivity contribution in [3.8, 4) is 6.19 Å². The van der Waals surface area contributed by atoms with E-state index >= 15 is 0 Å². The summed E-state index contributed by atoms with van der Waals surface area (Å²) in [7, 11) is 0. The molecule has 2 aliphatic rings. The monoisotopic (exact) mass is 613 g/mol. The summed E-state index contributed by atoms with van der Waals surface area (Å²) in [6.45, 7) is 4.19. The quantitative estimate of drug-likeness (QED) is 0.311. The van der Waals surface area contributed by atoms with Crippen molar-refractivity contribution in [1.82, 2.24) is 9.88 Å². The van der Waals surface area contributed by atoms with Crippen LogP contribution in [0.25, 0.3) is 10.9 Å². The minimum Gasteiger partial charge on any atom is -0.393 e.